The number of imidazole rings is 1. The summed E-state index contributed by atoms with van der Waals surface area (Å²) in [6.45, 7) is 1.22. The van der Waals surface area contributed by atoms with Crippen molar-refractivity contribution in [1.82, 2.24) is 24.5 Å². The summed E-state index contributed by atoms with van der Waals surface area (Å²) >= 11 is 0. The van der Waals surface area contributed by atoms with Gasteiger partial charge in [0, 0.05) is 12.4 Å². The minimum Gasteiger partial charge on any atom is -0.467 e. The largest absolute Gasteiger partial charge is 0.467 e. The predicted octanol–water partition coefficient (Wildman–Crippen LogP) is 2.47. The van der Waals surface area contributed by atoms with Crippen molar-refractivity contribution in [3.05, 3.63) is 66.9 Å². The van der Waals surface area contributed by atoms with Crippen LogP contribution in [0.4, 0.5) is 5.82 Å². The van der Waals surface area contributed by atoms with E-state index in [-0.39, 0.29) is 0 Å². The molecular weight excluding hydrogens is 292 g/mol. The zero-order chi connectivity index (χ0) is 15.5. The number of nitrogens with zero attached hydrogens (tertiary/aromatic N) is 5. The van der Waals surface area contributed by atoms with Crippen LogP contribution in [0.2, 0.25) is 0 Å². The van der Waals surface area contributed by atoms with Gasteiger partial charge in [-0.15, -0.1) is 0 Å². The fourth-order valence-electron chi connectivity index (χ4n) is 2.40. The van der Waals surface area contributed by atoms with Gasteiger partial charge in [0.1, 0.15) is 17.6 Å². The smallest absolute Gasteiger partial charge is 0.165 e. The van der Waals surface area contributed by atoms with E-state index in [2.05, 4.69) is 25.3 Å². The molecule has 4 aromatic heterocycles. The van der Waals surface area contributed by atoms with Crippen LogP contribution in [0.3, 0.4) is 0 Å². The molecule has 0 aliphatic carbocycles. The monoisotopic (exact) mass is 306 g/mol. The molecule has 1 N–H and O–H groups in total. The molecule has 0 saturated carbocycles. The molecule has 0 radical (unpaired) electrons. The normalized spacial score (nSPS) is 11.0. The first-order chi connectivity index (χ1) is 11.4. The van der Waals surface area contributed by atoms with Gasteiger partial charge in [0.2, 0.25) is 0 Å². The Morgan fingerprint density at radius 1 is 1.13 bits per heavy atom. The van der Waals surface area contributed by atoms with Crippen LogP contribution < -0.4 is 5.32 Å². The Morgan fingerprint density at radius 2 is 2.13 bits per heavy atom. The van der Waals surface area contributed by atoms with E-state index in [9.17, 15) is 0 Å². The summed E-state index contributed by atoms with van der Waals surface area (Å²) in [4.78, 5) is 17.2. The van der Waals surface area contributed by atoms with E-state index < -0.39 is 0 Å². The third-order valence-electron chi connectivity index (χ3n) is 3.49. The van der Waals surface area contributed by atoms with Gasteiger partial charge in [0.15, 0.2) is 11.5 Å². The average Bonchev–Trinajstić information content (AvgIpc) is 3.24. The standard InChI is InChI=1S/C16H14N6O/c1-3-12(7-17-5-1)9-22-11-21-14-15(19-10-20-16(14)22)18-8-13-4-2-6-23-13/h1-7,10-11H,8-9H2,(H,18,19,20). The number of fused-ring (bicyclic) bond motifs is 1. The maximum absolute atomic E-state index is 5.31. The summed E-state index contributed by atoms with van der Waals surface area (Å²) in [7, 11) is 0. The Kier molecular flexibility index (Phi) is 3.44. The molecule has 4 heterocycles. The number of pyridine rings is 1. The molecule has 0 amide bonds. The van der Waals surface area contributed by atoms with Gasteiger partial charge < -0.3 is 14.3 Å². The molecule has 0 aliphatic heterocycles. The number of aromatic nitrogens is 5. The second-order valence-electron chi connectivity index (χ2n) is 5.06. The highest BCUT2D eigenvalue weighted by molar-refractivity contribution is 5.82. The first-order valence-corrected chi connectivity index (χ1v) is 7.21. The van der Waals surface area contributed by atoms with Gasteiger partial charge in [-0.25, -0.2) is 15.0 Å². The molecule has 0 fully saturated rings. The van der Waals surface area contributed by atoms with Crippen molar-refractivity contribution < 1.29 is 4.42 Å². The van der Waals surface area contributed by atoms with Crippen LogP contribution in [-0.2, 0) is 13.1 Å². The van der Waals surface area contributed by atoms with Gasteiger partial charge in [-0.2, -0.15) is 0 Å². The molecule has 0 bridgehead atoms. The van der Waals surface area contributed by atoms with Crippen molar-refractivity contribution in [2.24, 2.45) is 0 Å². The van der Waals surface area contributed by atoms with Crippen LogP contribution >= 0.6 is 0 Å². The van der Waals surface area contributed by atoms with Crippen LogP contribution in [0, 0.1) is 0 Å². The molecule has 23 heavy (non-hydrogen) atoms. The van der Waals surface area contributed by atoms with Crippen molar-refractivity contribution in [3.8, 4) is 0 Å². The van der Waals surface area contributed by atoms with Crippen LogP contribution in [0.25, 0.3) is 11.2 Å². The lowest BCUT2D eigenvalue weighted by Crippen LogP contribution is -2.03. The molecule has 114 valence electrons. The number of rotatable bonds is 5. The zero-order valence-electron chi connectivity index (χ0n) is 12.3. The van der Waals surface area contributed by atoms with E-state index in [1.807, 2.05) is 35.0 Å². The number of furan rings is 1. The average molecular weight is 306 g/mol. The minimum absolute atomic E-state index is 0.550. The van der Waals surface area contributed by atoms with Crippen LogP contribution in [0.15, 0.2) is 60.0 Å². The zero-order valence-corrected chi connectivity index (χ0v) is 12.3. The summed E-state index contributed by atoms with van der Waals surface area (Å²) in [6, 6.07) is 7.71. The second kappa shape index (κ2) is 5.88. The molecule has 7 heteroatoms. The van der Waals surface area contributed by atoms with Gasteiger partial charge in [-0.05, 0) is 23.8 Å². The summed E-state index contributed by atoms with van der Waals surface area (Å²) in [5.74, 6) is 1.53. The summed E-state index contributed by atoms with van der Waals surface area (Å²) < 4.78 is 7.29. The lowest BCUT2D eigenvalue weighted by Gasteiger charge is -2.05. The van der Waals surface area contributed by atoms with Crippen molar-refractivity contribution in [2.45, 2.75) is 13.1 Å². The van der Waals surface area contributed by atoms with Crippen LogP contribution in [0.5, 0.6) is 0 Å². The molecule has 0 saturated heterocycles. The Morgan fingerprint density at radius 3 is 2.96 bits per heavy atom. The van der Waals surface area contributed by atoms with E-state index in [0.717, 1.165) is 22.5 Å². The molecular formula is C16H14N6O. The van der Waals surface area contributed by atoms with Crippen molar-refractivity contribution in [3.63, 3.8) is 0 Å². The Labute approximate surface area is 132 Å². The summed E-state index contributed by atoms with van der Waals surface area (Å²) in [5.41, 5.74) is 2.62. The lowest BCUT2D eigenvalue weighted by molar-refractivity contribution is 0.518. The van der Waals surface area contributed by atoms with Crippen molar-refractivity contribution in [1.29, 1.82) is 0 Å². The molecule has 4 rings (SSSR count). The molecule has 0 spiro atoms. The quantitative estimate of drug-likeness (QED) is 0.610. The number of hydrogen-bond acceptors (Lipinski definition) is 6. The fourth-order valence-corrected chi connectivity index (χ4v) is 2.40. The van der Waals surface area contributed by atoms with Gasteiger partial charge >= 0.3 is 0 Å². The molecule has 0 aromatic carbocycles. The van der Waals surface area contributed by atoms with Gasteiger partial charge in [0.05, 0.1) is 25.7 Å². The SMILES string of the molecule is c1cncc(Cn2cnc3c(NCc4ccco4)ncnc32)c1. The van der Waals surface area contributed by atoms with Crippen molar-refractivity contribution >= 4 is 17.0 Å². The van der Waals surface area contributed by atoms with Crippen LogP contribution in [-0.4, -0.2) is 24.5 Å². The lowest BCUT2D eigenvalue weighted by atomic mass is 10.3. The van der Waals surface area contributed by atoms with E-state index >= 15 is 0 Å². The molecule has 0 aliphatic rings. The number of nitrogens with one attached hydrogen (secondary N) is 1. The van der Waals surface area contributed by atoms with E-state index in [1.165, 1.54) is 6.33 Å². The number of anilines is 1. The third-order valence-corrected chi connectivity index (χ3v) is 3.49. The molecule has 4 aromatic rings. The van der Waals surface area contributed by atoms with Crippen LogP contribution in [0.1, 0.15) is 11.3 Å². The highest BCUT2D eigenvalue weighted by atomic mass is 16.3. The highest BCUT2D eigenvalue weighted by Gasteiger charge is 2.10. The topological polar surface area (TPSA) is 81.7 Å². The highest BCUT2D eigenvalue weighted by Crippen LogP contribution is 2.19. The molecule has 0 atom stereocenters. The molecule has 7 nitrogen and oxygen atoms in total. The first kappa shape index (κ1) is 13.4. The Balaban J connectivity index is 1.61. The fraction of sp³-hybridized carbons (Fsp3) is 0.125. The van der Waals surface area contributed by atoms with E-state index in [4.69, 9.17) is 4.42 Å². The van der Waals surface area contributed by atoms with Gasteiger partial charge in [-0.1, -0.05) is 6.07 Å². The second-order valence-corrected chi connectivity index (χ2v) is 5.06. The third kappa shape index (κ3) is 2.76. The van der Waals surface area contributed by atoms with Crippen molar-refractivity contribution in [2.75, 3.05) is 5.32 Å². The summed E-state index contributed by atoms with van der Waals surface area (Å²) in [6.07, 6.45) is 8.55. The minimum atomic E-state index is 0.550. The Hall–Kier alpha value is -3.22. The summed E-state index contributed by atoms with van der Waals surface area (Å²) in [5, 5.41) is 3.23. The predicted molar refractivity (Wildman–Crippen MR) is 84.7 cm³/mol. The molecule has 0 unspecified atom stereocenters. The van der Waals surface area contributed by atoms with E-state index in [0.29, 0.717) is 18.9 Å². The van der Waals surface area contributed by atoms with Gasteiger partial charge in [-0.3, -0.25) is 4.98 Å². The van der Waals surface area contributed by atoms with E-state index in [1.54, 1.807) is 18.8 Å². The number of hydrogen-bond donors (Lipinski definition) is 1. The maximum Gasteiger partial charge on any atom is 0.165 e. The maximum atomic E-state index is 5.31. The first-order valence-electron chi connectivity index (χ1n) is 7.21. The Bertz CT molecular complexity index is 901. The van der Waals surface area contributed by atoms with Gasteiger partial charge in [0.25, 0.3) is 0 Å².